The Kier molecular flexibility index (Phi) is 5.89. The molecule has 138 valence electrons. The normalized spacial score (nSPS) is 16.9. The molecule has 0 radical (unpaired) electrons. The third kappa shape index (κ3) is 4.61. The Morgan fingerprint density at radius 2 is 1.92 bits per heavy atom. The van der Waals surface area contributed by atoms with Crippen LogP contribution in [0.4, 0.5) is 5.82 Å². The van der Waals surface area contributed by atoms with Crippen molar-refractivity contribution in [1.29, 1.82) is 0 Å². The van der Waals surface area contributed by atoms with Gasteiger partial charge in [0.15, 0.2) is 0 Å². The van der Waals surface area contributed by atoms with Gasteiger partial charge in [-0.05, 0) is 43.1 Å². The summed E-state index contributed by atoms with van der Waals surface area (Å²) in [5, 5.41) is 0. The van der Waals surface area contributed by atoms with E-state index in [1.54, 1.807) is 0 Å². The maximum atomic E-state index is 12.6. The lowest BCUT2D eigenvalue weighted by molar-refractivity contribution is 0.0784. The number of pyridine rings is 1. The Bertz CT molecular complexity index is 715. The zero-order chi connectivity index (χ0) is 18.5. The summed E-state index contributed by atoms with van der Waals surface area (Å²) in [7, 11) is 6.13. The molecule has 5 nitrogen and oxygen atoms in total. The first-order valence-electron chi connectivity index (χ1n) is 9.18. The molecule has 1 unspecified atom stereocenters. The second-order valence-electron chi connectivity index (χ2n) is 7.39. The molecule has 1 aromatic heterocycles. The molecule has 0 bridgehead atoms. The van der Waals surface area contributed by atoms with Gasteiger partial charge in [0, 0.05) is 52.0 Å². The number of carbonyl (C=O) groups is 1. The van der Waals surface area contributed by atoms with E-state index in [-0.39, 0.29) is 5.91 Å². The Morgan fingerprint density at radius 1 is 1.15 bits per heavy atom. The molecule has 1 aliphatic rings. The fourth-order valence-electron chi connectivity index (χ4n) is 3.52. The molecule has 1 atom stereocenters. The minimum absolute atomic E-state index is 0.152. The van der Waals surface area contributed by atoms with Gasteiger partial charge in [-0.1, -0.05) is 24.3 Å². The molecular weight excluding hydrogens is 324 g/mol. The SMILES string of the molecule is CN(Cc1ccc(N(C)C)nc1)CC1CCN(C(=O)c2ccccc2)C1. The fraction of sp³-hybridized carbons (Fsp3) is 0.429. The Labute approximate surface area is 156 Å². The van der Waals surface area contributed by atoms with Crippen molar-refractivity contribution < 1.29 is 4.79 Å². The number of rotatable bonds is 6. The number of nitrogens with zero attached hydrogens (tertiary/aromatic N) is 4. The zero-order valence-corrected chi connectivity index (χ0v) is 15.9. The molecule has 1 amide bonds. The Balaban J connectivity index is 1.49. The lowest BCUT2D eigenvalue weighted by atomic mass is 10.1. The predicted octanol–water partition coefficient (Wildman–Crippen LogP) is 2.74. The van der Waals surface area contributed by atoms with Gasteiger partial charge in [-0.3, -0.25) is 4.79 Å². The van der Waals surface area contributed by atoms with Crippen LogP contribution >= 0.6 is 0 Å². The van der Waals surface area contributed by atoms with Crippen LogP contribution in [0.15, 0.2) is 48.7 Å². The minimum Gasteiger partial charge on any atom is -0.363 e. The molecule has 26 heavy (non-hydrogen) atoms. The van der Waals surface area contributed by atoms with Gasteiger partial charge in [0.05, 0.1) is 0 Å². The standard InChI is InChI=1S/C21H28N4O/c1-23(2)20-10-9-17(13-22-20)14-24(3)15-18-11-12-25(16-18)21(26)19-7-5-4-6-8-19/h4-10,13,18H,11-12,14-16H2,1-3H3. The number of amides is 1. The molecule has 1 saturated heterocycles. The summed E-state index contributed by atoms with van der Waals surface area (Å²) in [6.07, 6.45) is 3.02. The van der Waals surface area contributed by atoms with Crippen molar-refractivity contribution in [2.45, 2.75) is 13.0 Å². The summed E-state index contributed by atoms with van der Waals surface area (Å²) in [5.74, 6) is 1.66. The summed E-state index contributed by atoms with van der Waals surface area (Å²) >= 11 is 0. The fourth-order valence-corrected chi connectivity index (χ4v) is 3.52. The highest BCUT2D eigenvalue weighted by Crippen LogP contribution is 2.20. The second kappa shape index (κ2) is 8.32. The van der Waals surface area contributed by atoms with Crippen LogP contribution in [0.2, 0.25) is 0 Å². The summed E-state index contributed by atoms with van der Waals surface area (Å²) in [6.45, 7) is 3.57. The van der Waals surface area contributed by atoms with Crippen LogP contribution in [0, 0.1) is 5.92 Å². The van der Waals surface area contributed by atoms with E-state index < -0.39 is 0 Å². The maximum Gasteiger partial charge on any atom is 0.253 e. The Hall–Kier alpha value is -2.40. The molecule has 2 aromatic rings. The van der Waals surface area contributed by atoms with E-state index in [1.165, 1.54) is 5.56 Å². The van der Waals surface area contributed by atoms with Gasteiger partial charge in [-0.25, -0.2) is 4.98 Å². The summed E-state index contributed by atoms with van der Waals surface area (Å²) in [4.78, 5) is 23.4. The van der Waals surface area contributed by atoms with E-state index in [9.17, 15) is 4.79 Å². The van der Waals surface area contributed by atoms with Gasteiger partial charge in [0.1, 0.15) is 5.82 Å². The summed E-state index contributed by atoms with van der Waals surface area (Å²) < 4.78 is 0. The Morgan fingerprint density at radius 3 is 2.58 bits per heavy atom. The van der Waals surface area contributed by atoms with Crippen molar-refractivity contribution in [3.63, 3.8) is 0 Å². The van der Waals surface area contributed by atoms with Crippen LogP contribution in [0.1, 0.15) is 22.3 Å². The number of benzene rings is 1. The van der Waals surface area contributed by atoms with E-state index in [0.29, 0.717) is 5.92 Å². The number of anilines is 1. The first kappa shape index (κ1) is 18.4. The van der Waals surface area contributed by atoms with Gasteiger partial charge in [-0.2, -0.15) is 0 Å². The van der Waals surface area contributed by atoms with E-state index in [2.05, 4.69) is 29.1 Å². The number of hydrogen-bond donors (Lipinski definition) is 0. The van der Waals surface area contributed by atoms with Gasteiger partial charge in [0.25, 0.3) is 5.91 Å². The molecule has 0 spiro atoms. The van der Waals surface area contributed by atoms with Crippen molar-refractivity contribution in [2.75, 3.05) is 45.7 Å². The number of aromatic nitrogens is 1. The van der Waals surface area contributed by atoms with Gasteiger partial charge < -0.3 is 14.7 Å². The first-order chi connectivity index (χ1) is 12.5. The van der Waals surface area contributed by atoms with Crippen LogP contribution in [-0.4, -0.2) is 61.5 Å². The third-order valence-corrected chi connectivity index (χ3v) is 4.88. The van der Waals surface area contributed by atoms with E-state index >= 15 is 0 Å². The van der Waals surface area contributed by atoms with Crippen molar-refractivity contribution in [2.24, 2.45) is 5.92 Å². The highest BCUT2D eigenvalue weighted by Gasteiger charge is 2.27. The first-order valence-corrected chi connectivity index (χ1v) is 9.18. The highest BCUT2D eigenvalue weighted by atomic mass is 16.2. The van der Waals surface area contributed by atoms with Crippen LogP contribution in [0.25, 0.3) is 0 Å². The quantitative estimate of drug-likeness (QED) is 0.801. The molecule has 1 fully saturated rings. The largest absolute Gasteiger partial charge is 0.363 e. The molecule has 1 aliphatic heterocycles. The number of likely N-dealkylation sites (tertiary alicyclic amines) is 1. The molecule has 0 aliphatic carbocycles. The molecule has 0 saturated carbocycles. The summed E-state index contributed by atoms with van der Waals surface area (Å²) in [6, 6.07) is 13.8. The van der Waals surface area contributed by atoms with Crippen LogP contribution < -0.4 is 4.90 Å². The number of hydrogen-bond acceptors (Lipinski definition) is 4. The zero-order valence-electron chi connectivity index (χ0n) is 15.9. The van der Waals surface area contributed by atoms with Crippen molar-refractivity contribution in [3.05, 3.63) is 59.8 Å². The molecular formula is C21H28N4O. The van der Waals surface area contributed by atoms with Crippen molar-refractivity contribution >= 4 is 11.7 Å². The molecule has 5 heteroatoms. The molecule has 2 heterocycles. The third-order valence-electron chi connectivity index (χ3n) is 4.88. The lowest BCUT2D eigenvalue weighted by Gasteiger charge is -2.22. The van der Waals surface area contributed by atoms with Crippen LogP contribution in [-0.2, 0) is 6.54 Å². The van der Waals surface area contributed by atoms with Gasteiger partial charge >= 0.3 is 0 Å². The molecule has 3 rings (SSSR count). The lowest BCUT2D eigenvalue weighted by Crippen LogP contribution is -2.31. The van der Waals surface area contributed by atoms with Crippen molar-refractivity contribution in [3.8, 4) is 0 Å². The van der Waals surface area contributed by atoms with Crippen LogP contribution in [0.5, 0.6) is 0 Å². The van der Waals surface area contributed by atoms with E-state index in [4.69, 9.17) is 0 Å². The average Bonchev–Trinajstić information content (AvgIpc) is 3.10. The predicted molar refractivity (Wildman–Crippen MR) is 105 cm³/mol. The number of carbonyl (C=O) groups excluding carboxylic acids is 1. The second-order valence-corrected chi connectivity index (χ2v) is 7.39. The van der Waals surface area contributed by atoms with Crippen molar-refractivity contribution in [1.82, 2.24) is 14.8 Å². The van der Waals surface area contributed by atoms with E-state index in [0.717, 1.165) is 44.0 Å². The van der Waals surface area contributed by atoms with E-state index in [1.807, 2.05) is 60.4 Å². The van der Waals surface area contributed by atoms with Gasteiger partial charge in [0.2, 0.25) is 0 Å². The molecule has 1 aromatic carbocycles. The topological polar surface area (TPSA) is 39.7 Å². The smallest absolute Gasteiger partial charge is 0.253 e. The average molecular weight is 352 g/mol. The summed E-state index contributed by atoms with van der Waals surface area (Å²) in [5.41, 5.74) is 2.00. The van der Waals surface area contributed by atoms with Crippen LogP contribution in [0.3, 0.4) is 0 Å². The maximum absolute atomic E-state index is 12.6. The monoisotopic (exact) mass is 352 g/mol. The molecule has 0 N–H and O–H groups in total. The van der Waals surface area contributed by atoms with Gasteiger partial charge in [-0.15, -0.1) is 0 Å². The highest BCUT2D eigenvalue weighted by molar-refractivity contribution is 5.94. The minimum atomic E-state index is 0.152.